The van der Waals surface area contributed by atoms with Crippen LogP contribution in [0.1, 0.15) is 34.5 Å². The zero-order valence-electron chi connectivity index (χ0n) is 21.6. The fourth-order valence-electron chi connectivity index (χ4n) is 4.11. The molecule has 0 bridgehead atoms. The van der Waals surface area contributed by atoms with Gasteiger partial charge in [0.05, 0.1) is 18.4 Å². The summed E-state index contributed by atoms with van der Waals surface area (Å²) in [6.07, 6.45) is 3.08. The number of nitrogens with two attached hydrogens (primary N) is 1. The van der Waals surface area contributed by atoms with Gasteiger partial charge in [0.1, 0.15) is 27.2 Å². The normalized spacial score (nSPS) is 15.0. The number of piperidine rings is 1. The first kappa shape index (κ1) is 28.8. The van der Waals surface area contributed by atoms with Gasteiger partial charge in [-0.25, -0.2) is 27.2 Å². The number of sulfonamides is 1. The number of carbonyl (C=O) groups is 1. The number of anilines is 2. The van der Waals surface area contributed by atoms with Crippen molar-refractivity contribution >= 4 is 38.1 Å². The highest BCUT2D eigenvalue weighted by Crippen LogP contribution is 2.31. The van der Waals surface area contributed by atoms with E-state index >= 15 is 0 Å². The minimum absolute atomic E-state index is 0.0702. The number of ether oxygens (including phenoxy) is 1. The zero-order valence-corrected chi connectivity index (χ0v) is 23.2. The van der Waals surface area contributed by atoms with Crippen LogP contribution in [0, 0.1) is 11.6 Å². The van der Waals surface area contributed by atoms with Crippen molar-refractivity contribution in [2.24, 2.45) is 0 Å². The van der Waals surface area contributed by atoms with Gasteiger partial charge in [-0.15, -0.1) is 0 Å². The van der Waals surface area contributed by atoms with Crippen LogP contribution in [0.3, 0.4) is 0 Å². The van der Waals surface area contributed by atoms with Crippen LogP contribution < -0.4 is 15.8 Å². The molecule has 0 saturated carbocycles. The van der Waals surface area contributed by atoms with Crippen LogP contribution in [-0.4, -0.2) is 79.8 Å². The molecule has 0 unspecified atom stereocenters. The summed E-state index contributed by atoms with van der Waals surface area (Å²) in [5.41, 5.74) is 5.19. The molecule has 3 N–H and O–H groups in total. The number of hydrogen-bond donors (Lipinski definition) is 2. The summed E-state index contributed by atoms with van der Waals surface area (Å²) in [5, 5.41) is 3.48. The lowest BCUT2D eigenvalue weighted by Crippen LogP contribution is -2.42. The van der Waals surface area contributed by atoms with Gasteiger partial charge >= 0.3 is 0 Å². The summed E-state index contributed by atoms with van der Waals surface area (Å²) < 4.78 is 61.3. The molecule has 1 fully saturated rings. The molecular formula is C25H30F2N6O4S2. The summed E-state index contributed by atoms with van der Waals surface area (Å²) in [6, 6.07) is 6.08. The molecule has 1 aliphatic rings. The Morgan fingerprint density at radius 2 is 1.90 bits per heavy atom. The molecule has 2 aromatic heterocycles. The molecule has 10 nitrogen and oxygen atoms in total. The summed E-state index contributed by atoms with van der Waals surface area (Å²) in [4.78, 5) is 23.0. The van der Waals surface area contributed by atoms with Gasteiger partial charge in [0.2, 0.25) is 21.7 Å². The van der Waals surface area contributed by atoms with Crippen molar-refractivity contribution < 1.29 is 26.7 Å². The molecule has 0 spiro atoms. The predicted molar refractivity (Wildman–Crippen MR) is 145 cm³/mol. The Bertz CT molecular complexity index is 1390. The number of carbonyl (C=O) groups excluding carboxylic acids is 1. The minimum Gasteiger partial charge on any atom is -0.478 e. The van der Waals surface area contributed by atoms with Crippen LogP contribution in [0.4, 0.5) is 19.7 Å². The summed E-state index contributed by atoms with van der Waals surface area (Å²) in [5.74, 6) is -2.60. The lowest BCUT2D eigenvalue weighted by atomic mass is 10.1. The van der Waals surface area contributed by atoms with Gasteiger partial charge in [0.15, 0.2) is 5.13 Å². The molecule has 0 amide bonds. The van der Waals surface area contributed by atoms with E-state index in [4.69, 9.17) is 10.5 Å². The van der Waals surface area contributed by atoms with E-state index < -0.39 is 33.0 Å². The molecule has 3 aromatic rings. The predicted octanol–water partition coefficient (Wildman–Crippen LogP) is 3.23. The Hall–Kier alpha value is -3.20. The van der Waals surface area contributed by atoms with E-state index in [1.807, 2.05) is 19.0 Å². The lowest BCUT2D eigenvalue weighted by molar-refractivity contribution is 0.103. The molecule has 1 aliphatic heterocycles. The maximum atomic E-state index is 14.1. The van der Waals surface area contributed by atoms with E-state index in [1.165, 1.54) is 22.6 Å². The third-order valence-electron chi connectivity index (χ3n) is 6.18. The molecule has 39 heavy (non-hydrogen) atoms. The second-order valence-corrected chi connectivity index (χ2v) is 12.3. The molecule has 0 aliphatic carbocycles. The molecule has 0 atom stereocenters. The van der Waals surface area contributed by atoms with Crippen molar-refractivity contribution in [1.29, 1.82) is 0 Å². The summed E-state index contributed by atoms with van der Waals surface area (Å²) in [7, 11) is 0.219. The van der Waals surface area contributed by atoms with Crippen molar-refractivity contribution in [2.45, 2.75) is 30.2 Å². The van der Waals surface area contributed by atoms with Crippen LogP contribution in [0.5, 0.6) is 5.88 Å². The smallest absolute Gasteiger partial charge is 0.244 e. The van der Waals surface area contributed by atoms with Gasteiger partial charge in [-0.2, -0.15) is 4.31 Å². The van der Waals surface area contributed by atoms with E-state index in [9.17, 15) is 22.0 Å². The quantitative estimate of drug-likeness (QED) is 0.259. The van der Waals surface area contributed by atoms with Crippen LogP contribution in [-0.2, 0) is 10.0 Å². The SMILES string of the molecule is CN(C)CCCOc1ccc(S(=O)(=O)N2CCC(Nc3nc(N)c(C(=O)c4c(F)cccc4F)s3)CC2)cn1. The first-order chi connectivity index (χ1) is 18.6. The third-order valence-corrected chi connectivity index (χ3v) is 9.06. The van der Waals surface area contributed by atoms with Crippen molar-refractivity contribution in [3.8, 4) is 5.88 Å². The highest BCUT2D eigenvalue weighted by atomic mass is 32.2. The molecule has 14 heteroatoms. The van der Waals surface area contributed by atoms with Crippen LogP contribution in [0.25, 0.3) is 0 Å². The fraction of sp³-hybridized carbons (Fsp3) is 0.400. The number of rotatable bonds is 11. The maximum absolute atomic E-state index is 14.1. The number of pyridine rings is 1. The first-order valence-electron chi connectivity index (χ1n) is 12.3. The number of halogens is 2. The van der Waals surface area contributed by atoms with E-state index in [0.717, 1.165) is 36.4 Å². The Morgan fingerprint density at radius 1 is 1.21 bits per heavy atom. The van der Waals surface area contributed by atoms with Gasteiger partial charge in [-0.3, -0.25) is 4.79 Å². The fourth-order valence-corrected chi connectivity index (χ4v) is 6.43. The molecule has 1 saturated heterocycles. The molecular weight excluding hydrogens is 550 g/mol. The molecule has 1 aromatic carbocycles. The Kier molecular flexibility index (Phi) is 9.10. The maximum Gasteiger partial charge on any atom is 0.244 e. The summed E-state index contributed by atoms with van der Waals surface area (Å²) >= 11 is 0.902. The van der Waals surface area contributed by atoms with E-state index in [0.29, 0.717) is 30.5 Å². The molecule has 210 valence electrons. The molecule has 4 rings (SSSR count). The minimum atomic E-state index is -3.73. The van der Waals surface area contributed by atoms with Crippen molar-refractivity contribution in [3.05, 3.63) is 58.6 Å². The van der Waals surface area contributed by atoms with Gasteiger partial charge in [0, 0.05) is 31.7 Å². The van der Waals surface area contributed by atoms with Gasteiger partial charge in [0.25, 0.3) is 0 Å². The van der Waals surface area contributed by atoms with Gasteiger partial charge < -0.3 is 20.7 Å². The number of ketones is 1. The van der Waals surface area contributed by atoms with Crippen LogP contribution >= 0.6 is 11.3 Å². The van der Waals surface area contributed by atoms with E-state index in [-0.39, 0.29) is 34.7 Å². The number of nitrogen functional groups attached to an aromatic ring is 1. The van der Waals surface area contributed by atoms with Gasteiger partial charge in [-0.1, -0.05) is 17.4 Å². The number of nitrogens with one attached hydrogen (secondary N) is 1. The summed E-state index contributed by atoms with van der Waals surface area (Å²) in [6.45, 7) is 1.88. The number of aromatic nitrogens is 2. The lowest BCUT2D eigenvalue weighted by Gasteiger charge is -2.31. The highest BCUT2D eigenvalue weighted by Gasteiger charge is 2.31. The second kappa shape index (κ2) is 12.3. The topological polar surface area (TPSA) is 131 Å². The number of hydrogen-bond acceptors (Lipinski definition) is 10. The van der Waals surface area contributed by atoms with Crippen molar-refractivity contribution in [3.63, 3.8) is 0 Å². The highest BCUT2D eigenvalue weighted by molar-refractivity contribution is 7.89. The second-order valence-electron chi connectivity index (χ2n) is 9.32. The average Bonchev–Trinajstić information content (AvgIpc) is 3.26. The van der Waals surface area contributed by atoms with Crippen molar-refractivity contribution in [2.75, 3.05) is 51.4 Å². The van der Waals surface area contributed by atoms with Crippen LogP contribution in [0.2, 0.25) is 0 Å². The Labute approximate surface area is 229 Å². The van der Waals surface area contributed by atoms with E-state index in [1.54, 1.807) is 6.07 Å². The number of thiazole rings is 1. The standard InChI is InChI=1S/C25H30F2N6O4S2/c1-32(2)11-4-14-37-20-8-7-17(15-29-20)39(35,36)33-12-9-16(10-13-33)30-25-31-24(28)23(38-25)22(34)21-18(26)5-3-6-19(21)27/h3,5-8,15-16H,4,9-14,28H2,1-2H3,(H,30,31). The van der Waals surface area contributed by atoms with Crippen LogP contribution in [0.15, 0.2) is 41.4 Å². The van der Waals surface area contributed by atoms with E-state index in [2.05, 4.69) is 15.3 Å². The molecule has 0 radical (unpaired) electrons. The average molecular weight is 581 g/mol. The molecule has 3 heterocycles. The Morgan fingerprint density at radius 3 is 2.51 bits per heavy atom. The first-order valence-corrected chi connectivity index (χ1v) is 14.6. The monoisotopic (exact) mass is 580 g/mol. The van der Waals surface area contributed by atoms with Crippen molar-refractivity contribution in [1.82, 2.24) is 19.2 Å². The third kappa shape index (κ3) is 6.87. The van der Waals surface area contributed by atoms with Gasteiger partial charge in [-0.05, 0) is 51.6 Å². The largest absolute Gasteiger partial charge is 0.478 e. The number of benzene rings is 1. The zero-order chi connectivity index (χ0) is 28.2. The Balaban J connectivity index is 1.33. The number of nitrogens with zero attached hydrogens (tertiary/aromatic N) is 4.